The Hall–Kier alpha value is -1.56. The fraction of sp³-hybridized carbons (Fsp3) is 0.907. The van der Waals surface area contributed by atoms with Gasteiger partial charge in [0.05, 0.1) is 13.2 Å². The third-order valence-corrected chi connectivity index (χ3v) is 10.2. The number of ether oxygens (including phenoxy) is 4. The minimum Gasteiger partial charge on any atom is -0.462 e. The van der Waals surface area contributed by atoms with Gasteiger partial charge < -0.3 is 39.4 Å². The Kier molecular flexibility index (Phi) is 32.6. The van der Waals surface area contributed by atoms with Crippen LogP contribution in [-0.4, -0.2) is 89.0 Å². The lowest BCUT2D eigenvalue weighted by Crippen LogP contribution is -2.59. The van der Waals surface area contributed by atoms with Crippen LogP contribution in [0.1, 0.15) is 194 Å². The average Bonchev–Trinajstić information content (AvgIpc) is 3.15. The standard InChI is InChI=1S/C43H80O10/c1-3-5-7-9-11-13-15-17-18-20-22-24-26-28-30-32-39(46)52-36(35-51-43-42(49)41(48)40(47)37(33-44)53-43)34-50-38(45)31-29-27-25-23-21-19-16-14-12-10-8-6-4-2/h17-18,36-37,40-44,47-49H,3-16,19-35H2,1-2H3. The molecular weight excluding hydrogens is 676 g/mol. The highest BCUT2D eigenvalue weighted by molar-refractivity contribution is 5.70. The van der Waals surface area contributed by atoms with E-state index < -0.39 is 49.4 Å². The van der Waals surface area contributed by atoms with Crippen molar-refractivity contribution in [1.29, 1.82) is 0 Å². The molecule has 0 saturated carbocycles. The summed E-state index contributed by atoms with van der Waals surface area (Å²) in [4.78, 5) is 25.3. The van der Waals surface area contributed by atoms with Gasteiger partial charge in [-0.2, -0.15) is 0 Å². The van der Waals surface area contributed by atoms with Crippen LogP contribution in [0.25, 0.3) is 0 Å². The minimum atomic E-state index is -1.59. The molecule has 0 amide bonds. The van der Waals surface area contributed by atoms with Crippen LogP contribution in [0.2, 0.25) is 0 Å². The van der Waals surface area contributed by atoms with Gasteiger partial charge in [-0.25, -0.2) is 0 Å². The van der Waals surface area contributed by atoms with E-state index in [-0.39, 0.29) is 32.0 Å². The lowest BCUT2D eigenvalue weighted by molar-refractivity contribution is -0.305. The van der Waals surface area contributed by atoms with Crippen molar-refractivity contribution in [3.63, 3.8) is 0 Å². The van der Waals surface area contributed by atoms with Crippen molar-refractivity contribution in [2.24, 2.45) is 0 Å². The largest absolute Gasteiger partial charge is 0.462 e. The maximum Gasteiger partial charge on any atom is 0.306 e. The molecular formula is C43H80O10. The molecule has 6 atom stereocenters. The molecule has 0 aromatic carbocycles. The molecule has 0 aromatic rings. The van der Waals surface area contributed by atoms with Crippen molar-refractivity contribution < 1.29 is 49.0 Å². The summed E-state index contributed by atoms with van der Waals surface area (Å²) in [7, 11) is 0. The molecule has 10 nitrogen and oxygen atoms in total. The summed E-state index contributed by atoms with van der Waals surface area (Å²) in [6.07, 6.45) is 27.9. The zero-order valence-electron chi connectivity index (χ0n) is 33.8. The molecule has 6 unspecified atom stereocenters. The monoisotopic (exact) mass is 757 g/mol. The molecule has 0 spiro atoms. The minimum absolute atomic E-state index is 0.215. The fourth-order valence-electron chi connectivity index (χ4n) is 6.65. The molecule has 0 aliphatic carbocycles. The first-order chi connectivity index (χ1) is 25.8. The SMILES string of the molecule is CCCCCCCCC=CCCCCCCCC(=O)OC(COC(=O)CCCCCCCCCCCCCCC)COC1OC(CO)C(O)C(O)C1O. The zero-order valence-corrected chi connectivity index (χ0v) is 33.8. The van der Waals surface area contributed by atoms with Crippen LogP contribution in [0.4, 0.5) is 0 Å². The van der Waals surface area contributed by atoms with E-state index in [1.807, 2.05) is 0 Å². The van der Waals surface area contributed by atoms with Gasteiger partial charge in [0.15, 0.2) is 12.4 Å². The molecule has 0 radical (unpaired) electrons. The lowest BCUT2D eigenvalue weighted by atomic mass is 9.99. The first-order valence-corrected chi connectivity index (χ1v) is 21.8. The normalized spacial score (nSPS) is 20.9. The molecule has 1 aliphatic heterocycles. The molecule has 0 bridgehead atoms. The van der Waals surface area contributed by atoms with E-state index in [0.717, 1.165) is 51.4 Å². The third-order valence-electron chi connectivity index (χ3n) is 10.2. The Morgan fingerprint density at radius 3 is 1.47 bits per heavy atom. The van der Waals surface area contributed by atoms with Crippen molar-refractivity contribution in [1.82, 2.24) is 0 Å². The first-order valence-electron chi connectivity index (χ1n) is 21.8. The molecule has 10 heteroatoms. The number of esters is 2. The maximum atomic E-state index is 12.7. The molecule has 1 fully saturated rings. The number of unbranched alkanes of at least 4 members (excludes halogenated alkanes) is 23. The van der Waals surface area contributed by atoms with Crippen LogP contribution in [-0.2, 0) is 28.5 Å². The van der Waals surface area contributed by atoms with Gasteiger partial charge in [-0.05, 0) is 38.5 Å². The molecule has 0 aromatic heterocycles. The Bertz CT molecular complexity index is 881. The predicted molar refractivity (Wildman–Crippen MR) is 210 cm³/mol. The summed E-state index contributed by atoms with van der Waals surface area (Å²) in [6.45, 7) is 3.41. The Balaban J connectivity index is 2.35. The molecule has 1 heterocycles. The van der Waals surface area contributed by atoms with Gasteiger partial charge in [0.1, 0.15) is 31.0 Å². The summed E-state index contributed by atoms with van der Waals surface area (Å²) >= 11 is 0. The molecule has 312 valence electrons. The molecule has 53 heavy (non-hydrogen) atoms. The molecule has 1 aliphatic rings. The van der Waals surface area contributed by atoms with Gasteiger partial charge >= 0.3 is 11.9 Å². The summed E-state index contributed by atoms with van der Waals surface area (Å²) < 4.78 is 22.1. The number of carbonyl (C=O) groups is 2. The van der Waals surface area contributed by atoms with Crippen LogP contribution in [0.15, 0.2) is 12.2 Å². The number of hydrogen-bond donors (Lipinski definition) is 4. The molecule has 4 N–H and O–H groups in total. The first kappa shape index (κ1) is 49.5. The number of rotatable bonds is 36. The van der Waals surface area contributed by atoms with E-state index in [4.69, 9.17) is 18.9 Å². The van der Waals surface area contributed by atoms with Gasteiger partial charge in [-0.15, -0.1) is 0 Å². The maximum absolute atomic E-state index is 12.7. The van der Waals surface area contributed by atoms with E-state index >= 15 is 0 Å². The van der Waals surface area contributed by atoms with Crippen LogP contribution in [0, 0.1) is 0 Å². The smallest absolute Gasteiger partial charge is 0.306 e. The lowest BCUT2D eigenvalue weighted by Gasteiger charge is -2.39. The van der Waals surface area contributed by atoms with Gasteiger partial charge in [-0.3, -0.25) is 9.59 Å². The number of allylic oxidation sites excluding steroid dienone is 2. The van der Waals surface area contributed by atoms with E-state index in [2.05, 4.69) is 26.0 Å². The van der Waals surface area contributed by atoms with Crippen molar-refractivity contribution in [3.05, 3.63) is 12.2 Å². The second-order valence-electron chi connectivity index (χ2n) is 15.2. The summed E-state index contributed by atoms with van der Waals surface area (Å²) in [6, 6.07) is 0. The van der Waals surface area contributed by atoms with E-state index in [0.29, 0.717) is 6.42 Å². The van der Waals surface area contributed by atoms with Crippen LogP contribution in [0.3, 0.4) is 0 Å². The van der Waals surface area contributed by atoms with Gasteiger partial charge in [-0.1, -0.05) is 154 Å². The summed E-state index contributed by atoms with van der Waals surface area (Å²) in [5.74, 6) is -0.809. The Morgan fingerprint density at radius 1 is 0.566 bits per heavy atom. The van der Waals surface area contributed by atoms with Crippen LogP contribution >= 0.6 is 0 Å². The zero-order chi connectivity index (χ0) is 38.8. The van der Waals surface area contributed by atoms with Gasteiger partial charge in [0.2, 0.25) is 0 Å². The highest BCUT2D eigenvalue weighted by Crippen LogP contribution is 2.23. The van der Waals surface area contributed by atoms with Gasteiger partial charge in [0, 0.05) is 12.8 Å². The second kappa shape index (κ2) is 34.9. The fourth-order valence-corrected chi connectivity index (χ4v) is 6.65. The van der Waals surface area contributed by atoms with Crippen molar-refractivity contribution in [2.45, 2.75) is 230 Å². The number of aliphatic hydroxyl groups excluding tert-OH is 4. The van der Waals surface area contributed by atoms with Gasteiger partial charge in [0.25, 0.3) is 0 Å². The van der Waals surface area contributed by atoms with Crippen molar-refractivity contribution in [3.8, 4) is 0 Å². The number of carbonyl (C=O) groups excluding carboxylic acids is 2. The van der Waals surface area contributed by atoms with Crippen LogP contribution < -0.4 is 0 Å². The highest BCUT2D eigenvalue weighted by atomic mass is 16.7. The van der Waals surface area contributed by atoms with E-state index in [1.165, 1.54) is 109 Å². The highest BCUT2D eigenvalue weighted by Gasteiger charge is 2.44. The number of aliphatic hydroxyl groups is 4. The quantitative estimate of drug-likeness (QED) is 0.0277. The topological polar surface area (TPSA) is 152 Å². The molecule has 1 rings (SSSR count). The van der Waals surface area contributed by atoms with Crippen molar-refractivity contribution in [2.75, 3.05) is 19.8 Å². The summed E-state index contributed by atoms with van der Waals surface area (Å²) in [5.41, 5.74) is 0. The second-order valence-corrected chi connectivity index (χ2v) is 15.2. The third kappa shape index (κ3) is 26.8. The predicted octanol–water partition coefficient (Wildman–Crippen LogP) is 8.78. The molecule has 1 saturated heterocycles. The van der Waals surface area contributed by atoms with Crippen molar-refractivity contribution >= 4 is 11.9 Å². The van der Waals surface area contributed by atoms with Crippen LogP contribution in [0.5, 0.6) is 0 Å². The average molecular weight is 757 g/mol. The van der Waals surface area contributed by atoms with E-state index in [1.54, 1.807) is 0 Å². The Labute approximate surface area is 322 Å². The number of hydrogen-bond acceptors (Lipinski definition) is 10. The summed E-state index contributed by atoms with van der Waals surface area (Å²) in [5, 5.41) is 40.0. The van der Waals surface area contributed by atoms with E-state index in [9.17, 15) is 30.0 Å². The Morgan fingerprint density at radius 2 is 1.00 bits per heavy atom.